The summed E-state index contributed by atoms with van der Waals surface area (Å²) in [7, 11) is -2.26. The highest BCUT2D eigenvalue weighted by atomic mass is 79.9. The summed E-state index contributed by atoms with van der Waals surface area (Å²) < 4.78 is 38.9. The van der Waals surface area contributed by atoms with Crippen LogP contribution in [0.2, 0.25) is 0 Å². The molecule has 8 heteroatoms. The molecule has 0 radical (unpaired) electrons. The first kappa shape index (κ1) is 20.0. The van der Waals surface area contributed by atoms with Crippen LogP contribution in [0.3, 0.4) is 0 Å². The Morgan fingerprint density at radius 3 is 2.48 bits per heavy atom. The molecule has 152 valence electrons. The lowest BCUT2D eigenvalue weighted by molar-refractivity contribution is 0.414. The van der Waals surface area contributed by atoms with Crippen molar-refractivity contribution in [3.63, 3.8) is 0 Å². The molecular formula is C21H21BrN2O4S. The van der Waals surface area contributed by atoms with Crippen molar-refractivity contribution in [1.29, 1.82) is 0 Å². The Hall–Kier alpha value is -2.32. The molecule has 0 amide bonds. The fraction of sp³-hybridized carbons (Fsp3) is 0.286. The molecule has 29 heavy (non-hydrogen) atoms. The highest BCUT2D eigenvalue weighted by molar-refractivity contribution is 9.10. The third-order valence-corrected chi connectivity index (χ3v) is 7.11. The fourth-order valence-corrected chi connectivity index (χ4v) is 4.96. The Morgan fingerprint density at radius 1 is 1.07 bits per heavy atom. The van der Waals surface area contributed by atoms with Crippen LogP contribution in [0.1, 0.15) is 19.3 Å². The summed E-state index contributed by atoms with van der Waals surface area (Å²) in [5.74, 6) is 1.23. The number of aromatic nitrogens is 1. The minimum absolute atomic E-state index is 0.0421. The van der Waals surface area contributed by atoms with Crippen molar-refractivity contribution in [2.75, 3.05) is 25.1 Å². The lowest BCUT2D eigenvalue weighted by Crippen LogP contribution is -2.30. The highest BCUT2D eigenvalue weighted by Crippen LogP contribution is 2.36. The van der Waals surface area contributed by atoms with Gasteiger partial charge in [-0.25, -0.2) is 8.42 Å². The Labute approximate surface area is 178 Å². The van der Waals surface area contributed by atoms with E-state index in [-0.39, 0.29) is 15.8 Å². The normalized spacial score (nSPS) is 14.8. The van der Waals surface area contributed by atoms with E-state index >= 15 is 0 Å². The molecule has 0 saturated carbocycles. The minimum atomic E-state index is -3.84. The van der Waals surface area contributed by atoms with Crippen molar-refractivity contribution in [2.45, 2.75) is 29.2 Å². The average Bonchev–Trinajstić information content (AvgIpc) is 3.21. The summed E-state index contributed by atoms with van der Waals surface area (Å²) in [4.78, 5) is 6.60. The van der Waals surface area contributed by atoms with Crippen LogP contribution in [-0.2, 0) is 9.84 Å². The van der Waals surface area contributed by atoms with Gasteiger partial charge >= 0.3 is 0 Å². The van der Waals surface area contributed by atoms with E-state index in [1.54, 1.807) is 37.4 Å². The molecule has 0 spiro atoms. The van der Waals surface area contributed by atoms with Crippen molar-refractivity contribution in [2.24, 2.45) is 0 Å². The molecule has 4 rings (SSSR count). The van der Waals surface area contributed by atoms with Gasteiger partial charge in [0, 0.05) is 23.1 Å². The number of sulfone groups is 1. The summed E-state index contributed by atoms with van der Waals surface area (Å²) in [6.07, 6.45) is 3.11. The largest absolute Gasteiger partial charge is 0.497 e. The van der Waals surface area contributed by atoms with E-state index in [1.807, 2.05) is 23.1 Å². The molecule has 1 saturated heterocycles. The van der Waals surface area contributed by atoms with Crippen LogP contribution in [0, 0.1) is 0 Å². The van der Waals surface area contributed by atoms with Gasteiger partial charge in [-0.3, -0.25) is 0 Å². The van der Waals surface area contributed by atoms with Gasteiger partial charge in [0.2, 0.25) is 26.6 Å². The van der Waals surface area contributed by atoms with E-state index in [9.17, 15) is 8.42 Å². The van der Waals surface area contributed by atoms with E-state index in [0.29, 0.717) is 17.2 Å². The zero-order valence-corrected chi connectivity index (χ0v) is 18.4. The quantitative estimate of drug-likeness (QED) is 0.519. The van der Waals surface area contributed by atoms with Crippen LogP contribution >= 0.6 is 15.9 Å². The fourth-order valence-electron chi connectivity index (χ4n) is 3.37. The van der Waals surface area contributed by atoms with Crippen LogP contribution < -0.4 is 9.64 Å². The van der Waals surface area contributed by atoms with E-state index in [4.69, 9.17) is 9.15 Å². The summed E-state index contributed by atoms with van der Waals surface area (Å²) in [5, 5.41) is -0.0421. The number of nitrogens with zero attached hydrogens (tertiary/aromatic N) is 2. The first-order valence-electron chi connectivity index (χ1n) is 9.40. The first-order chi connectivity index (χ1) is 14.0. The molecule has 1 aliphatic rings. The molecule has 1 aliphatic heterocycles. The number of anilines is 1. The second kappa shape index (κ2) is 8.20. The van der Waals surface area contributed by atoms with Gasteiger partial charge in [0.05, 0.1) is 12.0 Å². The molecule has 1 aromatic heterocycles. The summed E-state index contributed by atoms with van der Waals surface area (Å²) in [6.45, 7) is 1.49. The van der Waals surface area contributed by atoms with Gasteiger partial charge in [-0.05, 0) is 61.7 Å². The molecule has 0 aliphatic carbocycles. The van der Waals surface area contributed by atoms with Crippen LogP contribution in [-0.4, -0.2) is 33.6 Å². The van der Waals surface area contributed by atoms with Gasteiger partial charge < -0.3 is 14.1 Å². The standard InChI is InChI=1S/C21H21BrN2O4S/c1-27-17-7-5-6-15(14-17)19-23-20(21(28-19)24-12-3-2-4-13-24)29(25,26)18-10-8-16(22)9-11-18/h5-11,14H,2-4,12-13H2,1H3. The third kappa shape index (κ3) is 4.04. The van der Waals surface area contributed by atoms with Gasteiger partial charge in [-0.1, -0.05) is 22.0 Å². The van der Waals surface area contributed by atoms with Crippen LogP contribution in [0.15, 0.2) is 67.3 Å². The number of oxazole rings is 1. The second-order valence-electron chi connectivity index (χ2n) is 6.87. The van der Waals surface area contributed by atoms with Crippen molar-refractivity contribution < 1.29 is 17.6 Å². The molecule has 2 aromatic carbocycles. The Balaban J connectivity index is 1.84. The molecule has 3 aromatic rings. The van der Waals surface area contributed by atoms with Crippen LogP contribution in [0.25, 0.3) is 11.5 Å². The summed E-state index contributed by atoms with van der Waals surface area (Å²) in [6, 6.07) is 13.8. The Morgan fingerprint density at radius 2 is 1.79 bits per heavy atom. The third-order valence-electron chi connectivity index (χ3n) is 4.92. The summed E-state index contributed by atoms with van der Waals surface area (Å²) in [5.41, 5.74) is 0.667. The zero-order chi connectivity index (χ0) is 20.4. The molecular weight excluding hydrogens is 456 g/mol. The number of piperidine rings is 1. The molecule has 0 N–H and O–H groups in total. The van der Waals surface area contributed by atoms with Crippen LogP contribution in [0.5, 0.6) is 5.75 Å². The van der Waals surface area contributed by atoms with Crippen molar-refractivity contribution in [3.05, 3.63) is 53.0 Å². The Bertz CT molecular complexity index is 1100. The van der Waals surface area contributed by atoms with Gasteiger partial charge in [-0.15, -0.1) is 0 Å². The zero-order valence-electron chi connectivity index (χ0n) is 16.0. The van der Waals surface area contributed by atoms with Crippen molar-refractivity contribution in [1.82, 2.24) is 4.98 Å². The number of halogens is 1. The highest BCUT2D eigenvalue weighted by Gasteiger charge is 2.32. The van der Waals surface area contributed by atoms with E-state index in [1.165, 1.54) is 0 Å². The van der Waals surface area contributed by atoms with E-state index in [2.05, 4.69) is 20.9 Å². The van der Waals surface area contributed by atoms with Gasteiger partial charge in [0.1, 0.15) is 5.75 Å². The monoisotopic (exact) mass is 476 g/mol. The number of benzene rings is 2. The van der Waals surface area contributed by atoms with Crippen molar-refractivity contribution >= 4 is 31.7 Å². The van der Waals surface area contributed by atoms with Crippen LogP contribution in [0.4, 0.5) is 5.88 Å². The molecule has 0 atom stereocenters. The smallest absolute Gasteiger partial charge is 0.236 e. The maximum absolute atomic E-state index is 13.4. The van der Waals surface area contributed by atoms with Gasteiger partial charge in [-0.2, -0.15) is 4.98 Å². The molecule has 6 nitrogen and oxygen atoms in total. The van der Waals surface area contributed by atoms with Gasteiger partial charge in [0.25, 0.3) is 0 Å². The average molecular weight is 477 g/mol. The lowest BCUT2D eigenvalue weighted by Gasteiger charge is -2.26. The second-order valence-corrected chi connectivity index (χ2v) is 9.65. The molecule has 1 fully saturated rings. The van der Waals surface area contributed by atoms with E-state index < -0.39 is 9.84 Å². The molecule has 0 unspecified atom stereocenters. The maximum Gasteiger partial charge on any atom is 0.236 e. The maximum atomic E-state index is 13.4. The molecule has 0 bridgehead atoms. The lowest BCUT2D eigenvalue weighted by atomic mass is 10.1. The Kier molecular flexibility index (Phi) is 5.65. The van der Waals surface area contributed by atoms with Gasteiger partial charge in [0.15, 0.2) is 0 Å². The SMILES string of the molecule is COc1cccc(-c2nc(S(=O)(=O)c3ccc(Br)cc3)c(N3CCCCC3)o2)c1. The predicted octanol–water partition coefficient (Wildman–Crippen LogP) is 4.94. The number of hydrogen-bond donors (Lipinski definition) is 0. The first-order valence-corrected chi connectivity index (χ1v) is 11.7. The number of methoxy groups -OCH3 is 1. The van der Waals surface area contributed by atoms with Crippen molar-refractivity contribution in [3.8, 4) is 17.2 Å². The minimum Gasteiger partial charge on any atom is -0.497 e. The number of ether oxygens (including phenoxy) is 1. The summed E-state index contributed by atoms with van der Waals surface area (Å²) >= 11 is 3.34. The number of rotatable bonds is 5. The molecule has 2 heterocycles. The topological polar surface area (TPSA) is 72.6 Å². The van der Waals surface area contributed by atoms with E-state index in [0.717, 1.165) is 36.8 Å². The number of hydrogen-bond acceptors (Lipinski definition) is 6. The predicted molar refractivity (Wildman–Crippen MR) is 114 cm³/mol.